The van der Waals surface area contributed by atoms with E-state index in [1.165, 1.54) is 30.4 Å². The second-order valence-corrected chi connectivity index (χ2v) is 8.06. The summed E-state index contributed by atoms with van der Waals surface area (Å²) in [5, 5.41) is 0. The lowest BCUT2D eigenvalue weighted by Crippen LogP contribution is -2.37. The van der Waals surface area contributed by atoms with Crippen LogP contribution in [0.1, 0.15) is 69.9 Å². The largest absolute Gasteiger partial charge is 0.348 e. The molecule has 2 rings (SSSR count). The Hall–Kier alpha value is -1.84. The minimum atomic E-state index is -0.101. The number of amides is 2. The zero-order chi connectivity index (χ0) is 19.2. The van der Waals surface area contributed by atoms with Gasteiger partial charge in [0.05, 0.1) is 0 Å². The van der Waals surface area contributed by atoms with Crippen molar-refractivity contribution in [1.82, 2.24) is 4.90 Å². The first-order chi connectivity index (χ1) is 12.4. The normalized spacial score (nSPS) is 18.7. The maximum Gasteiger partial charge on any atom is 0.227 e. The zero-order valence-corrected chi connectivity index (χ0v) is 16.9. The number of nitrogens with zero attached hydrogens (tertiary/aromatic N) is 2. The Labute approximate surface area is 158 Å². The van der Waals surface area contributed by atoms with Crippen LogP contribution in [0.2, 0.25) is 0 Å². The van der Waals surface area contributed by atoms with Crippen LogP contribution in [-0.2, 0) is 15.0 Å². The molecule has 4 nitrogen and oxygen atoms in total. The summed E-state index contributed by atoms with van der Waals surface area (Å²) in [6, 6.07) is 6.39. The lowest BCUT2D eigenvalue weighted by atomic mass is 9.80. The fraction of sp³-hybridized carbons (Fsp3) is 0.636. The van der Waals surface area contributed by atoms with Gasteiger partial charge in [0, 0.05) is 37.7 Å². The van der Waals surface area contributed by atoms with E-state index < -0.39 is 0 Å². The topological polar surface area (TPSA) is 40.6 Å². The number of hydrogen-bond donors (Lipinski definition) is 0. The molecule has 0 aliphatic carbocycles. The van der Waals surface area contributed by atoms with Gasteiger partial charge in [-0.25, -0.2) is 0 Å². The number of aryl methyl sites for hydroxylation is 1. The van der Waals surface area contributed by atoms with Gasteiger partial charge in [-0.15, -0.1) is 0 Å². The minimum Gasteiger partial charge on any atom is -0.348 e. The van der Waals surface area contributed by atoms with Crippen molar-refractivity contribution in [3.05, 3.63) is 29.3 Å². The lowest BCUT2D eigenvalue weighted by molar-refractivity contribution is -0.119. The zero-order valence-electron chi connectivity index (χ0n) is 16.9. The summed E-state index contributed by atoms with van der Waals surface area (Å²) in [5.74, 6) is 0.235. The molecule has 1 aliphatic heterocycles. The standard InChI is InChI=1S/C22H34N2O2/c1-5-6-7-8-9-10-21(26)24-16-22(3,13-14-23(4)17-25)19-15-18(2)11-12-20(19)24/h11-12,15,17H,5-10,13-14,16H2,1-4H3. The molecule has 0 radical (unpaired) electrons. The number of rotatable bonds is 10. The Morgan fingerprint density at radius 3 is 2.69 bits per heavy atom. The maximum absolute atomic E-state index is 12.9. The molecule has 1 aliphatic rings. The van der Waals surface area contributed by atoms with Gasteiger partial charge in [0.25, 0.3) is 0 Å². The van der Waals surface area contributed by atoms with Gasteiger partial charge in [0.1, 0.15) is 0 Å². The number of benzene rings is 1. The van der Waals surface area contributed by atoms with E-state index in [1.54, 1.807) is 4.90 Å². The number of carbonyl (C=O) groups excluding carboxylic acids is 2. The van der Waals surface area contributed by atoms with E-state index in [-0.39, 0.29) is 11.3 Å². The molecule has 0 saturated heterocycles. The van der Waals surface area contributed by atoms with Crippen molar-refractivity contribution < 1.29 is 9.59 Å². The van der Waals surface area contributed by atoms with E-state index in [9.17, 15) is 9.59 Å². The summed E-state index contributed by atoms with van der Waals surface area (Å²) in [6.07, 6.45) is 8.16. The highest BCUT2D eigenvalue weighted by Gasteiger charge is 2.40. The Kier molecular flexibility index (Phi) is 7.24. The van der Waals surface area contributed by atoms with Crippen LogP contribution in [0.25, 0.3) is 0 Å². The van der Waals surface area contributed by atoms with Crippen LogP contribution in [-0.4, -0.2) is 37.4 Å². The molecule has 1 atom stereocenters. The van der Waals surface area contributed by atoms with Gasteiger partial charge in [-0.1, -0.05) is 57.2 Å². The highest BCUT2D eigenvalue weighted by Crippen LogP contribution is 2.43. The summed E-state index contributed by atoms with van der Waals surface area (Å²) >= 11 is 0. The van der Waals surface area contributed by atoms with Crippen LogP contribution in [0, 0.1) is 6.92 Å². The maximum atomic E-state index is 12.9. The van der Waals surface area contributed by atoms with E-state index in [2.05, 4.69) is 39.0 Å². The SMILES string of the molecule is CCCCCCCC(=O)N1CC(C)(CCN(C)C=O)c2cc(C)ccc21. The van der Waals surface area contributed by atoms with Crippen molar-refractivity contribution in [2.24, 2.45) is 0 Å². The molecule has 0 aromatic heterocycles. The van der Waals surface area contributed by atoms with Crippen LogP contribution in [0.4, 0.5) is 5.69 Å². The van der Waals surface area contributed by atoms with Gasteiger partial charge in [-0.05, 0) is 31.4 Å². The number of unbranched alkanes of at least 4 members (excludes halogenated alkanes) is 4. The van der Waals surface area contributed by atoms with Crippen molar-refractivity contribution in [1.29, 1.82) is 0 Å². The monoisotopic (exact) mass is 358 g/mol. The minimum absolute atomic E-state index is 0.101. The second-order valence-electron chi connectivity index (χ2n) is 8.06. The third-order valence-corrected chi connectivity index (χ3v) is 5.59. The van der Waals surface area contributed by atoms with Gasteiger partial charge in [-0.2, -0.15) is 0 Å². The molecule has 0 saturated carbocycles. The van der Waals surface area contributed by atoms with Crippen LogP contribution < -0.4 is 4.90 Å². The molecule has 1 heterocycles. The van der Waals surface area contributed by atoms with Crippen LogP contribution in [0.3, 0.4) is 0 Å². The van der Waals surface area contributed by atoms with Crippen molar-refractivity contribution in [3.8, 4) is 0 Å². The molecule has 0 fully saturated rings. The fourth-order valence-electron chi connectivity index (χ4n) is 3.81. The molecule has 0 bridgehead atoms. The Balaban J connectivity index is 2.10. The molecule has 1 aromatic rings. The average molecular weight is 359 g/mol. The van der Waals surface area contributed by atoms with Gasteiger partial charge in [0.15, 0.2) is 0 Å². The van der Waals surface area contributed by atoms with E-state index >= 15 is 0 Å². The molecule has 1 aromatic carbocycles. The highest BCUT2D eigenvalue weighted by atomic mass is 16.2. The smallest absolute Gasteiger partial charge is 0.227 e. The lowest BCUT2D eigenvalue weighted by Gasteiger charge is -2.27. The average Bonchev–Trinajstić information content (AvgIpc) is 2.92. The van der Waals surface area contributed by atoms with Crippen LogP contribution in [0.15, 0.2) is 18.2 Å². The van der Waals surface area contributed by atoms with Crippen LogP contribution >= 0.6 is 0 Å². The number of hydrogen-bond acceptors (Lipinski definition) is 2. The summed E-state index contributed by atoms with van der Waals surface area (Å²) in [5.41, 5.74) is 3.42. The Morgan fingerprint density at radius 1 is 1.27 bits per heavy atom. The molecule has 2 amide bonds. The molecular formula is C22H34N2O2. The predicted octanol–water partition coefficient (Wildman–Crippen LogP) is 4.44. The molecule has 4 heteroatoms. The number of anilines is 1. The summed E-state index contributed by atoms with van der Waals surface area (Å²) in [7, 11) is 1.81. The van der Waals surface area contributed by atoms with Gasteiger partial charge < -0.3 is 9.80 Å². The number of fused-ring (bicyclic) bond motifs is 1. The molecular weight excluding hydrogens is 324 g/mol. The summed E-state index contributed by atoms with van der Waals surface area (Å²) in [4.78, 5) is 27.5. The first-order valence-electron chi connectivity index (χ1n) is 9.98. The first kappa shape index (κ1) is 20.5. The third kappa shape index (κ3) is 4.87. The molecule has 26 heavy (non-hydrogen) atoms. The van der Waals surface area contributed by atoms with Crippen LogP contribution in [0.5, 0.6) is 0 Å². The predicted molar refractivity (Wildman–Crippen MR) is 108 cm³/mol. The molecule has 1 unspecified atom stereocenters. The molecule has 0 spiro atoms. The Bertz CT molecular complexity index is 629. The molecule has 0 N–H and O–H groups in total. The second kappa shape index (κ2) is 9.20. The fourth-order valence-corrected chi connectivity index (χ4v) is 3.81. The van der Waals surface area contributed by atoms with E-state index in [0.717, 1.165) is 31.4 Å². The molecule has 144 valence electrons. The number of carbonyl (C=O) groups is 2. The van der Waals surface area contributed by atoms with Gasteiger partial charge >= 0.3 is 0 Å². The van der Waals surface area contributed by atoms with Gasteiger partial charge in [0.2, 0.25) is 12.3 Å². The van der Waals surface area contributed by atoms with Crippen molar-refractivity contribution in [2.45, 2.75) is 71.1 Å². The highest BCUT2D eigenvalue weighted by molar-refractivity contribution is 5.96. The Morgan fingerprint density at radius 2 is 2.00 bits per heavy atom. The summed E-state index contributed by atoms with van der Waals surface area (Å²) in [6.45, 7) is 7.94. The van der Waals surface area contributed by atoms with E-state index in [1.807, 2.05) is 11.9 Å². The third-order valence-electron chi connectivity index (χ3n) is 5.59. The van der Waals surface area contributed by atoms with E-state index in [4.69, 9.17) is 0 Å². The first-order valence-corrected chi connectivity index (χ1v) is 9.98. The van der Waals surface area contributed by atoms with Crippen molar-refractivity contribution in [3.63, 3.8) is 0 Å². The van der Waals surface area contributed by atoms with Crippen molar-refractivity contribution >= 4 is 18.0 Å². The quantitative estimate of drug-likeness (QED) is 0.458. The summed E-state index contributed by atoms with van der Waals surface area (Å²) < 4.78 is 0. The van der Waals surface area contributed by atoms with Gasteiger partial charge in [-0.3, -0.25) is 9.59 Å². The van der Waals surface area contributed by atoms with Crippen molar-refractivity contribution in [2.75, 3.05) is 25.0 Å². The van der Waals surface area contributed by atoms with E-state index in [0.29, 0.717) is 19.5 Å².